The lowest BCUT2D eigenvalue weighted by atomic mass is 10.1. The van der Waals surface area contributed by atoms with Crippen molar-refractivity contribution in [3.05, 3.63) is 78.2 Å². The fourth-order valence-electron chi connectivity index (χ4n) is 4.96. The van der Waals surface area contributed by atoms with Gasteiger partial charge in [-0.1, -0.05) is 42.5 Å². The van der Waals surface area contributed by atoms with Crippen LogP contribution in [0.25, 0.3) is 11.0 Å². The molecule has 0 spiro atoms. The second-order valence-electron chi connectivity index (χ2n) is 9.32. The number of piperidine rings is 1. The Labute approximate surface area is 199 Å². The topological polar surface area (TPSA) is 57.3 Å². The summed E-state index contributed by atoms with van der Waals surface area (Å²) >= 11 is 0. The summed E-state index contributed by atoms with van der Waals surface area (Å²) in [6, 6.07) is 21.0. The van der Waals surface area contributed by atoms with Gasteiger partial charge in [-0.05, 0) is 37.0 Å². The maximum Gasteiger partial charge on any atom is 0.233 e. The third kappa shape index (κ3) is 4.58. The Balaban J connectivity index is 1.07. The van der Waals surface area contributed by atoms with E-state index in [1.807, 2.05) is 24.3 Å². The quantitative estimate of drug-likeness (QED) is 0.392. The molecule has 2 aromatic heterocycles. The average molecular weight is 458 g/mol. The maximum atomic E-state index is 5.89. The third-order valence-electron chi connectivity index (χ3n) is 7.02. The summed E-state index contributed by atoms with van der Waals surface area (Å²) in [6.07, 6.45) is 5.66. The first kappa shape index (κ1) is 21.4. The van der Waals surface area contributed by atoms with Crippen LogP contribution in [0, 0.1) is 0 Å². The smallest absolute Gasteiger partial charge is 0.233 e. The van der Waals surface area contributed by atoms with Crippen LogP contribution in [-0.2, 0) is 24.4 Å². The van der Waals surface area contributed by atoms with E-state index in [2.05, 4.69) is 56.7 Å². The molecule has 7 nitrogen and oxygen atoms in total. The van der Waals surface area contributed by atoms with Crippen LogP contribution < -0.4 is 4.74 Å². The van der Waals surface area contributed by atoms with Gasteiger partial charge in [0.1, 0.15) is 12.4 Å². The fraction of sp³-hybridized carbons (Fsp3) is 0.407. The van der Waals surface area contributed by atoms with E-state index in [1.54, 1.807) is 0 Å². The molecule has 0 unspecified atom stereocenters. The monoisotopic (exact) mass is 457 g/mol. The zero-order valence-electron chi connectivity index (χ0n) is 19.4. The lowest BCUT2D eigenvalue weighted by Gasteiger charge is -2.32. The number of para-hydroxylation sites is 2. The number of hydrogen-bond acceptors (Lipinski definition) is 5. The van der Waals surface area contributed by atoms with E-state index in [0.717, 1.165) is 69.0 Å². The summed E-state index contributed by atoms with van der Waals surface area (Å²) in [5.41, 5.74) is 3.44. The molecule has 4 aromatic rings. The molecule has 34 heavy (non-hydrogen) atoms. The summed E-state index contributed by atoms with van der Waals surface area (Å²) in [5, 5.41) is 4.70. The highest BCUT2D eigenvalue weighted by molar-refractivity contribution is 5.75. The zero-order chi connectivity index (χ0) is 22.7. The number of hydrogen-bond donors (Lipinski definition) is 0. The number of nitrogens with zero attached hydrogens (tertiary/aromatic N) is 5. The Morgan fingerprint density at radius 1 is 0.941 bits per heavy atom. The van der Waals surface area contributed by atoms with E-state index in [4.69, 9.17) is 19.6 Å². The van der Waals surface area contributed by atoms with Crippen LogP contribution in [0.3, 0.4) is 0 Å². The predicted octanol–water partition coefficient (Wildman–Crippen LogP) is 4.44. The molecule has 0 N–H and O–H groups in total. The normalized spacial score (nSPS) is 19.4. The van der Waals surface area contributed by atoms with E-state index >= 15 is 0 Å². The Hall–Kier alpha value is -3.16. The molecule has 0 aliphatic carbocycles. The standard InChI is InChI=1S/C27H31N5O2/c1-2-6-21(7-3-1)20-34-27-12-16-32(29-27)22-10-14-30(15-11-22)19-26-28-24-8-4-5-9-25(24)31(26)18-23-13-17-33-23/h1-9,12,16,22-23H,10-11,13-15,17-20H2/t23-/m0/s1. The Bertz CT molecular complexity index is 1220. The lowest BCUT2D eigenvalue weighted by molar-refractivity contribution is -0.0592. The summed E-state index contributed by atoms with van der Waals surface area (Å²) in [7, 11) is 0. The van der Waals surface area contributed by atoms with Crippen LogP contribution in [-0.4, -0.2) is 50.0 Å². The van der Waals surface area contributed by atoms with Gasteiger partial charge >= 0.3 is 0 Å². The van der Waals surface area contributed by atoms with Crippen molar-refractivity contribution >= 4 is 11.0 Å². The second-order valence-corrected chi connectivity index (χ2v) is 9.32. The Kier molecular flexibility index (Phi) is 6.04. The highest BCUT2D eigenvalue weighted by Crippen LogP contribution is 2.26. The van der Waals surface area contributed by atoms with E-state index in [0.29, 0.717) is 24.6 Å². The van der Waals surface area contributed by atoms with Crippen LogP contribution in [0.4, 0.5) is 0 Å². The Morgan fingerprint density at radius 3 is 2.53 bits per heavy atom. The van der Waals surface area contributed by atoms with Gasteiger partial charge in [-0.3, -0.25) is 9.58 Å². The molecular weight excluding hydrogens is 426 g/mol. The van der Waals surface area contributed by atoms with E-state index in [-0.39, 0.29) is 0 Å². The number of rotatable bonds is 8. The number of fused-ring (bicyclic) bond motifs is 1. The molecule has 2 saturated heterocycles. The number of ether oxygens (including phenoxy) is 2. The number of benzene rings is 2. The van der Waals surface area contributed by atoms with E-state index in [1.165, 1.54) is 5.52 Å². The molecule has 176 valence electrons. The van der Waals surface area contributed by atoms with Gasteiger partial charge in [-0.2, -0.15) is 0 Å². The van der Waals surface area contributed by atoms with Crippen molar-refractivity contribution in [2.24, 2.45) is 0 Å². The van der Waals surface area contributed by atoms with Crippen molar-refractivity contribution in [2.45, 2.75) is 51.1 Å². The summed E-state index contributed by atoms with van der Waals surface area (Å²) in [6.45, 7) is 5.27. The molecule has 0 bridgehead atoms. The summed E-state index contributed by atoms with van der Waals surface area (Å²) < 4.78 is 16.1. The minimum Gasteiger partial charge on any atom is -0.472 e. The summed E-state index contributed by atoms with van der Waals surface area (Å²) in [5.74, 6) is 1.84. The first-order valence-electron chi connectivity index (χ1n) is 12.3. The van der Waals surface area contributed by atoms with Gasteiger partial charge in [0.2, 0.25) is 5.88 Å². The van der Waals surface area contributed by atoms with E-state index in [9.17, 15) is 0 Å². The first-order valence-corrected chi connectivity index (χ1v) is 12.3. The van der Waals surface area contributed by atoms with Gasteiger partial charge in [0, 0.05) is 32.0 Å². The molecule has 2 aliphatic heterocycles. The van der Waals surface area contributed by atoms with Crippen LogP contribution >= 0.6 is 0 Å². The molecule has 0 radical (unpaired) electrons. The molecule has 6 rings (SSSR count). The van der Waals surface area contributed by atoms with Crippen LogP contribution in [0.1, 0.15) is 36.7 Å². The highest BCUT2D eigenvalue weighted by Gasteiger charge is 2.25. The minimum atomic E-state index is 0.320. The molecule has 2 aromatic carbocycles. The lowest BCUT2D eigenvalue weighted by Crippen LogP contribution is -2.36. The number of aromatic nitrogens is 4. The largest absolute Gasteiger partial charge is 0.472 e. The fourth-order valence-corrected chi connectivity index (χ4v) is 4.96. The van der Waals surface area contributed by atoms with Crippen LogP contribution in [0.5, 0.6) is 5.88 Å². The van der Waals surface area contributed by atoms with Crippen molar-refractivity contribution in [3.63, 3.8) is 0 Å². The minimum absolute atomic E-state index is 0.320. The molecule has 1 atom stereocenters. The molecule has 7 heteroatoms. The number of likely N-dealkylation sites (tertiary alicyclic amines) is 1. The SMILES string of the molecule is c1ccc(COc2ccn(C3CCN(Cc4nc5ccccc5n4C[C@@H]4CCO4)CC3)n2)cc1. The van der Waals surface area contributed by atoms with Gasteiger partial charge < -0.3 is 14.0 Å². The van der Waals surface area contributed by atoms with Gasteiger partial charge in [0.05, 0.1) is 36.3 Å². The molecule has 0 saturated carbocycles. The highest BCUT2D eigenvalue weighted by atomic mass is 16.5. The van der Waals surface area contributed by atoms with Crippen LogP contribution in [0.2, 0.25) is 0 Å². The zero-order valence-corrected chi connectivity index (χ0v) is 19.4. The Morgan fingerprint density at radius 2 is 1.74 bits per heavy atom. The summed E-state index contributed by atoms with van der Waals surface area (Å²) in [4.78, 5) is 7.50. The van der Waals surface area contributed by atoms with Crippen molar-refractivity contribution in [3.8, 4) is 5.88 Å². The second kappa shape index (κ2) is 9.60. The van der Waals surface area contributed by atoms with Crippen molar-refractivity contribution < 1.29 is 9.47 Å². The van der Waals surface area contributed by atoms with Crippen LogP contribution in [0.15, 0.2) is 66.9 Å². The van der Waals surface area contributed by atoms with E-state index < -0.39 is 0 Å². The molecule has 0 amide bonds. The van der Waals surface area contributed by atoms with Gasteiger partial charge in [0.25, 0.3) is 0 Å². The van der Waals surface area contributed by atoms with Crippen molar-refractivity contribution in [1.29, 1.82) is 0 Å². The predicted molar refractivity (Wildman–Crippen MR) is 131 cm³/mol. The third-order valence-corrected chi connectivity index (χ3v) is 7.02. The van der Waals surface area contributed by atoms with Crippen molar-refractivity contribution in [2.75, 3.05) is 19.7 Å². The molecule has 2 fully saturated rings. The first-order chi connectivity index (χ1) is 16.8. The molecular formula is C27H31N5O2. The number of imidazole rings is 1. The molecule has 4 heterocycles. The van der Waals surface area contributed by atoms with Gasteiger partial charge in [0.15, 0.2) is 0 Å². The maximum absolute atomic E-state index is 5.89. The average Bonchev–Trinajstić information content (AvgIpc) is 3.46. The molecule has 2 aliphatic rings. The van der Waals surface area contributed by atoms with Gasteiger partial charge in [-0.15, -0.1) is 5.10 Å². The van der Waals surface area contributed by atoms with Gasteiger partial charge in [-0.25, -0.2) is 4.98 Å². The van der Waals surface area contributed by atoms with Crippen molar-refractivity contribution in [1.82, 2.24) is 24.2 Å².